The predicted octanol–water partition coefficient (Wildman–Crippen LogP) is 0.717. The molecule has 5 nitrogen and oxygen atoms in total. The number of carbonyl (C=O) groups excluding carboxylic acids is 1. The second kappa shape index (κ2) is 8.51. The first kappa shape index (κ1) is 16.4. The molecule has 0 spiro atoms. The Morgan fingerprint density at radius 2 is 2.16 bits per heavy atom. The third kappa shape index (κ3) is 5.89. The first-order chi connectivity index (χ1) is 9.06. The van der Waals surface area contributed by atoms with Crippen LogP contribution in [0, 0.1) is 0 Å². The minimum Gasteiger partial charge on any atom is -0.466 e. The average molecular weight is 272 g/mol. The van der Waals surface area contributed by atoms with Gasteiger partial charge in [0.15, 0.2) is 0 Å². The highest BCUT2D eigenvalue weighted by Crippen LogP contribution is 2.13. The zero-order valence-electron chi connectivity index (χ0n) is 12.5. The van der Waals surface area contributed by atoms with Crippen molar-refractivity contribution in [1.82, 2.24) is 9.80 Å². The fourth-order valence-corrected chi connectivity index (χ4v) is 2.67. The van der Waals surface area contributed by atoms with Crippen LogP contribution in [0.4, 0.5) is 0 Å². The van der Waals surface area contributed by atoms with E-state index in [1.165, 1.54) is 0 Å². The third-order valence-corrected chi connectivity index (χ3v) is 3.65. The van der Waals surface area contributed by atoms with Crippen molar-refractivity contribution in [2.24, 2.45) is 0 Å². The van der Waals surface area contributed by atoms with Gasteiger partial charge in [-0.25, -0.2) is 0 Å². The molecule has 1 heterocycles. The van der Waals surface area contributed by atoms with Gasteiger partial charge in [0.25, 0.3) is 0 Å². The van der Waals surface area contributed by atoms with E-state index in [0.717, 1.165) is 32.5 Å². The minimum atomic E-state index is -0.628. The number of likely N-dealkylation sites (N-methyl/N-ethyl adjacent to an activating group) is 1. The maximum Gasteiger partial charge on any atom is 0.308 e. The van der Waals surface area contributed by atoms with E-state index in [2.05, 4.69) is 23.8 Å². The van der Waals surface area contributed by atoms with Crippen LogP contribution in [0.5, 0.6) is 0 Å². The van der Waals surface area contributed by atoms with Gasteiger partial charge >= 0.3 is 5.97 Å². The van der Waals surface area contributed by atoms with E-state index >= 15 is 0 Å². The molecule has 112 valence electrons. The number of hydrogen-bond acceptors (Lipinski definition) is 5. The molecule has 1 N–H and O–H groups in total. The molecule has 0 radical (unpaired) electrons. The Morgan fingerprint density at radius 3 is 2.79 bits per heavy atom. The van der Waals surface area contributed by atoms with E-state index in [9.17, 15) is 9.90 Å². The van der Waals surface area contributed by atoms with Crippen molar-refractivity contribution in [2.45, 2.75) is 45.3 Å². The van der Waals surface area contributed by atoms with Crippen molar-refractivity contribution in [3.63, 3.8) is 0 Å². The molecule has 1 aliphatic heterocycles. The summed E-state index contributed by atoms with van der Waals surface area (Å²) in [5.74, 6) is -0.310. The Bertz CT molecular complexity index is 273. The topological polar surface area (TPSA) is 53.0 Å². The largest absolute Gasteiger partial charge is 0.466 e. The highest BCUT2D eigenvalue weighted by molar-refractivity contribution is 5.69. The van der Waals surface area contributed by atoms with Gasteiger partial charge in [0.2, 0.25) is 0 Å². The lowest BCUT2D eigenvalue weighted by Crippen LogP contribution is -2.44. The van der Waals surface area contributed by atoms with Crippen molar-refractivity contribution >= 4 is 5.97 Å². The number of esters is 1. The zero-order chi connectivity index (χ0) is 14.3. The van der Waals surface area contributed by atoms with Crippen molar-refractivity contribution in [1.29, 1.82) is 0 Å². The standard InChI is InChI=1S/C14H28N2O3/c1-4-12-10-15(3)7-6-8-16(12)11-13(17)9-14(18)19-5-2/h12-13,17H,4-11H2,1-3H3. The molecular weight excluding hydrogens is 244 g/mol. The maximum atomic E-state index is 11.4. The minimum absolute atomic E-state index is 0.0939. The summed E-state index contributed by atoms with van der Waals surface area (Å²) < 4.78 is 4.87. The molecule has 0 aliphatic carbocycles. The predicted molar refractivity (Wildman–Crippen MR) is 75.0 cm³/mol. The molecule has 0 aromatic carbocycles. The number of aliphatic hydroxyl groups is 1. The quantitative estimate of drug-likeness (QED) is 0.722. The molecule has 0 saturated carbocycles. The first-order valence-corrected chi connectivity index (χ1v) is 7.33. The van der Waals surface area contributed by atoms with Crippen molar-refractivity contribution in [2.75, 3.05) is 39.8 Å². The van der Waals surface area contributed by atoms with E-state index < -0.39 is 6.10 Å². The zero-order valence-corrected chi connectivity index (χ0v) is 12.5. The number of carbonyl (C=O) groups is 1. The van der Waals surface area contributed by atoms with Crippen LogP contribution in [-0.2, 0) is 9.53 Å². The summed E-state index contributed by atoms with van der Waals surface area (Å²) in [5, 5.41) is 10.0. The van der Waals surface area contributed by atoms with E-state index in [1.807, 2.05) is 0 Å². The van der Waals surface area contributed by atoms with Crippen molar-refractivity contribution < 1.29 is 14.6 Å². The van der Waals surface area contributed by atoms with E-state index in [-0.39, 0.29) is 12.4 Å². The van der Waals surface area contributed by atoms with Gasteiger partial charge < -0.3 is 14.7 Å². The fraction of sp³-hybridized carbons (Fsp3) is 0.929. The summed E-state index contributed by atoms with van der Waals surface area (Å²) in [6.45, 7) is 8.01. The second-order valence-corrected chi connectivity index (χ2v) is 5.34. The number of hydrogen-bond donors (Lipinski definition) is 1. The monoisotopic (exact) mass is 272 g/mol. The van der Waals surface area contributed by atoms with Gasteiger partial charge in [-0.1, -0.05) is 6.92 Å². The molecule has 1 fully saturated rings. The summed E-state index contributed by atoms with van der Waals surface area (Å²) in [4.78, 5) is 16.0. The van der Waals surface area contributed by atoms with Gasteiger partial charge in [-0.2, -0.15) is 0 Å². The van der Waals surface area contributed by atoms with Gasteiger partial charge in [-0.3, -0.25) is 9.69 Å². The fourth-order valence-electron chi connectivity index (χ4n) is 2.67. The summed E-state index contributed by atoms with van der Waals surface area (Å²) in [6.07, 6.45) is 1.64. The second-order valence-electron chi connectivity index (χ2n) is 5.34. The van der Waals surface area contributed by atoms with Crippen LogP contribution in [0.3, 0.4) is 0 Å². The molecule has 0 amide bonds. The van der Waals surface area contributed by atoms with Crippen LogP contribution >= 0.6 is 0 Å². The number of nitrogens with zero attached hydrogens (tertiary/aromatic N) is 2. The molecule has 2 unspecified atom stereocenters. The average Bonchev–Trinajstić information content (AvgIpc) is 2.51. The van der Waals surface area contributed by atoms with E-state index in [4.69, 9.17) is 4.74 Å². The summed E-state index contributed by atoms with van der Waals surface area (Å²) >= 11 is 0. The summed E-state index contributed by atoms with van der Waals surface area (Å²) in [6, 6.07) is 0.462. The molecule has 5 heteroatoms. The molecule has 2 atom stereocenters. The number of ether oxygens (including phenoxy) is 1. The van der Waals surface area contributed by atoms with Gasteiger partial charge in [-0.15, -0.1) is 0 Å². The Kier molecular flexibility index (Phi) is 7.34. The van der Waals surface area contributed by atoms with Crippen LogP contribution in [0.15, 0.2) is 0 Å². The molecule has 0 aromatic rings. The lowest BCUT2D eigenvalue weighted by molar-refractivity contribution is -0.145. The van der Waals surface area contributed by atoms with E-state index in [0.29, 0.717) is 19.2 Å². The van der Waals surface area contributed by atoms with Crippen LogP contribution in [-0.4, -0.2) is 72.9 Å². The molecule has 1 rings (SSSR count). The van der Waals surface area contributed by atoms with Crippen LogP contribution < -0.4 is 0 Å². The molecular formula is C14H28N2O3. The normalized spacial score (nSPS) is 23.9. The highest BCUT2D eigenvalue weighted by atomic mass is 16.5. The van der Waals surface area contributed by atoms with Crippen LogP contribution in [0.2, 0.25) is 0 Å². The maximum absolute atomic E-state index is 11.4. The molecule has 0 bridgehead atoms. The summed E-state index contributed by atoms with van der Waals surface area (Å²) in [7, 11) is 2.14. The Hall–Kier alpha value is -0.650. The van der Waals surface area contributed by atoms with Crippen LogP contribution in [0.25, 0.3) is 0 Å². The lowest BCUT2D eigenvalue weighted by atomic mass is 10.1. The Labute approximate surface area is 116 Å². The van der Waals surface area contributed by atoms with Gasteiger partial charge in [-0.05, 0) is 39.9 Å². The lowest BCUT2D eigenvalue weighted by Gasteiger charge is -2.31. The highest BCUT2D eigenvalue weighted by Gasteiger charge is 2.24. The van der Waals surface area contributed by atoms with Gasteiger partial charge in [0.1, 0.15) is 0 Å². The first-order valence-electron chi connectivity index (χ1n) is 7.33. The van der Waals surface area contributed by atoms with Crippen molar-refractivity contribution in [3.05, 3.63) is 0 Å². The van der Waals surface area contributed by atoms with Crippen LogP contribution in [0.1, 0.15) is 33.1 Å². The SMILES string of the molecule is CCOC(=O)CC(O)CN1CCCN(C)CC1CC. The Morgan fingerprint density at radius 1 is 1.42 bits per heavy atom. The van der Waals surface area contributed by atoms with Crippen molar-refractivity contribution in [3.8, 4) is 0 Å². The van der Waals surface area contributed by atoms with E-state index in [1.54, 1.807) is 6.92 Å². The number of β-amino-alcohol motifs (C(OH)–C–C–N with tert-alkyl or cyclic N) is 1. The van der Waals surface area contributed by atoms with Gasteiger partial charge in [0.05, 0.1) is 19.1 Å². The third-order valence-electron chi connectivity index (χ3n) is 3.65. The van der Waals surface area contributed by atoms with Gasteiger partial charge in [0, 0.05) is 19.1 Å². The number of aliphatic hydroxyl groups excluding tert-OH is 1. The molecule has 0 aromatic heterocycles. The smallest absolute Gasteiger partial charge is 0.308 e. The molecule has 1 aliphatic rings. The number of rotatable bonds is 6. The Balaban J connectivity index is 2.45. The molecule has 19 heavy (non-hydrogen) atoms. The molecule has 1 saturated heterocycles. The summed E-state index contributed by atoms with van der Waals surface area (Å²) in [5.41, 5.74) is 0.